The zero-order valence-electron chi connectivity index (χ0n) is 14.3. The van der Waals surface area contributed by atoms with E-state index in [1.807, 2.05) is 13.8 Å². The van der Waals surface area contributed by atoms with Crippen molar-refractivity contribution >= 4 is 11.9 Å². The van der Waals surface area contributed by atoms with Gasteiger partial charge in [-0.25, -0.2) is 9.59 Å². The van der Waals surface area contributed by atoms with Crippen LogP contribution < -0.4 is 0 Å². The topological polar surface area (TPSA) is 43.4 Å². The lowest BCUT2D eigenvalue weighted by Gasteiger charge is -2.10. The van der Waals surface area contributed by atoms with Gasteiger partial charge >= 0.3 is 11.9 Å². The molecule has 0 aromatic heterocycles. The third-order valence-corrected chi connectivity index (χ3v) is 3.61. The van der Waals surface area contributed by atoms with Crippen molar-refractivity contribution in [3.63, 3.8) is 0 Å². The third-order valence-electron chi connectivity index (χ3n) is 3.61. The SMILES string of the molecule is CCC=C(C)C(=O)OC(=O)C(C)=C(CC)CCCCCC. The van der Waals surface area contributed by atoms with Gasteiger partial charge in [-0.15, -0.1) is 0 Å². The highest BCUT2D eigenvalue weighted by molar-refractivity contribution is 6.01. The minimum atomic E-state index is -0.539. The van der Waals surface area contributed by atoms with Crippen molar-refractivity contribution in [1.82, 2.24) is 0 Å². The summed E-state index contributed by atoms with van der Waals surface area (Å²) < 4.78 is 4.93. The van der Waals surface area contributed by atoms with E-state index in [0.29, 0.717) is 11.1 Å². The summed E-state index contributed by atoms with van der Waals surface area (Å²) in [5.41, 5.74) is 2.17. The molecule has 0 atom stereocenters. The van der Waals surface area contributed by atoms with Crippen molar-refractivity contribution in [2.24, 2.45) is 0 Å². The first-order chi connectivity index (χ1) is 9.97. The largest absolute Gasteiger partial charge is 0.386 e. The van der Waals surface area contributed by atoms with Gasteiger partial charge in [0.05, 0.1) is 0 Å². The number of rotatable bonds is 9. The van der Waals surface area contributed by atoms with E-state index < -0.39 is 11.9 Å². The lowest BCUT2D eigenvalue weighted by molar-refractivity contribution is -0.154. The molecule has 3 heteroatoms. The van der Waals surface area contributed by atoms with E-state index in [0.717, 1.165) is 31.3 Å². The standard InChI is InChI=1S/C18H30O3/c1-6-9-10-11-13-16(8-3)15(5)18(20)21-17(19)14(4)12-7-2/h12H,6-11,13H2,1-5H3. The molecule has 0 unspecified atom stereocenters. The molecule has 0 heterocycles. The molecule has 21 heavy (non-hydrogen) atoms. The highest BCUT2D eigenvalue weighted by Crippen LogP contribution is 2.18. The number of unbranched alkanes of at least 4 members (excludes halogenated alkanes) is 3. The van der Waals surface area contributed by atoms with Crippen molar-refractivity contribution in [1.29, 1.82) is 0 Å². The van der Waals surface area contributed by atoms with Gasteiger partial charge in [-0.1, -0.05) is 51.7 Å². The van der Waals surface area contributed by atoms with Crippen molar-refractivity contribution < 1.29 is 14.3 Å². The van der Waals surface area contributed by atoms with Crippen LogP contribution >= 0.6 is 0 Å². The fraction of sp³-hybridized carbons (Fsp3) is 0.667. The van der Waals surface area contributed by atoms with Crippen LogP contribution in [0.1, 0.15) is 79.6 Å². The zero-order valence-corrected chi connectivity index (χ0v) is 14.3. The lowest BCUT2D eigenvalue weighted by Crippen LogP contribution is -2.15. The van der Waals surface area contributed by atoms with E-state index in [-0.39, 0.29) is 0 Å². The first-order valence-corrected chi connectivity index (χ1v) is 8.09. The van der Waals surface area contributed by atoms with Gasteiger partial charge in [-0.05, 0) is 39.5 Å². The van der Waals surface area contributed by atoms with Crippen LogP contribution in [-0.4, -0.2) is 11.9 Å². The quantitative estimate of drug-likeness (QED) is 0.257. The first kappa shape index (κ1) is 19.6. The Hall–Kier alpha value is -1.38. The minimum absolute atomic E-state index is 0.486. The number of carbonyl (C=O) groups excluding carboxylic acids is 2. The summed E-state index contributed by atoms with van der Waals surface area (Å²) in [5, 5.41) is 0. The molecular formula is C18H30O3. The summed E-state index contributed by atoms with van der Waals surface area (Å²) in [6.45, 7) is 9.58. The van der Waals surface area contributed by atoms with Crippen molar-refractivity contribution in [2.45, 2.75) is 79.6 Å². The molecule has 0 fully saturated rings. The second-order valence-corrected chi connectivity index (χ2v) is 5.37. The summed E-state index contributed by atoms with van der Waals surface area (Å²) in [6, 6.07) is 0. The smallest absolute Gasteiger partial charge is 0.341 e. The molecule has 0 aromatic rings. The fourth-order valence-corrected chi connectivity index (χ4v) is 2.17. The molecule has 120 valence electrons. The van der Waals surface area contributed by atoms with Gasteiger partial charge in [0.2, 0.25) is 0 Å². The van der Waals surface area contributed by atoms with Gasteiger partial charge in [0.25, 0.3) is 0 Å². The Morgan fingerprint density at radius 3 is 2.14 bits per heavy atom. The first-order valence-electron chi connectivity index (χ1n) is 8.09. The molecule has 0 saturated heterocycles. The van der Waals surface area contributed by atoms with Crippen LogP contribution in [0.5, 0.6) is 0 Å². The second kappa shape index (κ2) is 11.3. The summed E-state index contributed by atoms with van der Waals surface area (Å²) in [5.74, 6) is -1.04. The van der Waals surface area contributed by atoms with Crippen molar-refractivity contribution in [3.8, 4) is 0 Å². The Bertz CT molecular complexity index is 403. The number of carbonyl (C=O) groups is 2. The third kappa shape index (κ3) is 7.84. The summed E-state index contributed by atoms with van der Waals surface area (Å²) >= 11 is 0. The normalized spacial score (nSPS) is 12.9. The molecule has 0 rings (SSSR count). The Balaban J connectivity index is 4.65. The van der Waals surface area contributed by atoms with Gasteiger partial charge in [-0.3, -0.25) is 0 Å². The minimum Gasteiger partial charge on any atom is -0.386 e. The van der Waals surface area contributed by atoms with Crippen LogP contribution in [0.4, 0.5) is 0 Å². The summed E-state index contributed by atoms with van der Waals surface area (Å²) in [7, 11) is 0. The fourth-order valence-electron chi connectivity index (χ4n) is 2.17. The molecule has 0 radical (unpaired) electrons. The van der Waals surface area contributed by atoms with E-state index in [1.165, 1.54) is 19.3 Å². The maximum atomic E-state index is 12.0. The summed E-state index contributed by atoms with van der Waals surface area (Å²) in [4.78, 5) is 23.7. The molecule has 0 bridgehead atoms. The van der Waals surface area contributed by atoms with Crippen LogP contribution in [0.3, 0.4) is 0 Å². The number of hydrogen-bond acceptors (Lipinski definition) is 3. The van der Waals surface area contributed by atoms with E-state index >= 15 is 0 Å². The predicted molar refractivity (Wildman–Crippen MR) is 86.9 cm³/mol. The Kier molecular flexibility index (Phi) is 10.6. The summed E-state index contributed by atoms with van der Waals surface area (Å²) in [6.07, 6.45) is 8.94. The van der Waals surface area contributed by atoms with Crippen LogP contribution in [0.2, 0.25) is 0 Å². The molecule has 0 saturated carbocycles. The highest BCUT2D eigenvalue weighted by atomic mass is 16.6. The van der Waals surface area contributed by atoms with E-state index in [4.69, 9.17) is 4.74 Å². The molecule has 0 spiro atoms. The van der Waals surface area contributed by atoms with E-state index in [9.17, 15) is 9.59 Å². The average molecular weight is 294 g/mol. The van der Waals surface area contributed by atoms with Crippen molar-refractivity contribution in [2.75, 3.05) is 0 Å². The van der Waals surface area contributed by atoms with E-state index in [2.05, 4.69) is 6.92 Å². The lowest BCUT2D eigenvalue weighted by atomic mass is 10.00. The van der Waals surface area contributed by atoms with Crippen LogP contribution in [0, 0.1) is 0 Å². The second-order valence-electron chi connectivity index (χ2n) is 5.37. The number of ether oxygens (including phenoxy) is 1. The monoisotopic (exact) mass is 294 g/mol. The van der Waals surface area contributed by atoms with Crippen LogP contribution in [-0.2, 0) is 14.3 Å². The number of esters is 2. The average Bonchev–Trinajstić information content (AvgIpc) is 2.46. The highest BCUT2D eigenvalue weighted by Gasteiger charge is 2.16. The molecule has 0 aliphatic heterocycles. The van der Waals surface area contributed by atoms with E-state index in [1.54, 1.807) is 19.9 Å². The van der Waals surface area contributed by atoms with Gasteiger partial charge in [0.1, 0.15) is 0 Å². The van der Waals surface area contributed by atoms with Gasteiger partial charge < -0.3 is 4.74 Å². The molecule has 0 aliphatic carbocycles. The van der Waals surface area contributed by atoms with Gasteiger partial charge in [-0.2, -0.15) is 0 Å². The van der Waals surface area contributed by atoms with Crippen LogP contribution in [0.15, 0.2) is 22.8 Å². The Morgan fingerprint density at radius 1 is 0.952 bits per heavy atom. The maximum Gasteiger partial charge on any atom is 0.341 e. The van der Waals surface area contributed by atoms with Gasteiger partial charge in [0.15, 0.2) is 0 Å². The zero-order chi connectivity index (χ0) is 16.3. The Labute approximate surface area is 129 Å². The van der Waals surface area contributed by atoms with Crippen molar-refractivity contribution in [3.05, 3.63) is 22.8 Å². The molecule has 0 aromatic carbocycles. The molecular weight excluding hydrogens is 264 g/mol. The van der Waals surface area contributed by atoms with Crippen LogP contribution in [0.25, 0.3) is 0 Å². The number of hydrogen-bond donors (Lipinski definition) is 0. The molecule has 0 amide bonds. The molecule has 3 nitrogen and oxygen atoms in total. The number of allylic oxidation sites excluding steroid dienone is 2. The molecule has 0 aliphatic rings. The maximum absolute atomic E-state index is 12.0. The van der Waals surface area contributed by atoms with Gasteiger partial charge in [0, 0.05) is 11.1 Å². The predicted octanol–water partition coefficient (Wildman–Crippen LogP) is 5.11. The molecule has 0 N–H and O–H groups in total. The Morgan fingerprint density at radius 2 is 1.62 bits per heavy atom.